The third-order valence-electron chi connectivity index (χ3n) is 2.86. The van der Waals surface area contributed by atoms with E-state index in [1.807, 2.05) is 6.07 Å². The van der Waals surface area contributed by atoms with Gasteiger partial charge >= 0.3 is 0 Å². The topological polar surface area (TPSA) is 9.23 Å². The van der Waals surface area contributed by atoms with Gasteiger partial charge < -0.3 is 4.74 Å². The third kappa shape index (κ3) is 2.52. The minimum Gasteiger partial charge on any atom is -0.497 e. The Balaban J connectivity index is 2.62. The van der Waals surface area contributed by atoms with E-state index in [0.717, 1.165) is 10.2 Å². The molecule has 2 rings (SSSR count). The Hall–Kier alpha value is -1.28. The number of hydrogen-bond acceptors (Lipinski definition) is 1. The minimum atomic E-state index is 0.888. The number of methoxy groups -OCH3 is 1. The Morgan fingerprint density at radius 3 is 2.41 bits per heavy atom. The zero-order valence-electron chi connectivity index (χ0n) is 10.3. The summed E-state index contributed by atoms with van der Waals surface area (Å²) in [5, 5.41) is 0. The number of rotatable bonds is 2. The molecule has 0 aromatic heterocycles. The summed E-state index contributed by atoms with van der Waals surface area (Å²) in [7, 11) is 1.69. The monoisotopic (exact) mass is 290 g/mol. The second kappa shape index (κ2) is 4.92. The van der Waals surface area contributed by atoms with Crippen LogP contribution in [0.25, 0.3) is 11.1 Å². The summed E-state index contributed by atoms with van der Waals surface area (Å²) < 4.78 is 6.40. The third-order valence-corrected chi connectivity index (χ3v) is 3.55. The lowest BCUT2D eigenvalue weighted by molar-refractivity contribution is 0.415. The number of hydrogen-bond donors (Lipinski definition) is 0. The molecule has 2 aromatic rings. The highest BCUT2D eigenvalue weighted by molar-refractivity contribution is 9.10. The van der Waals surface area contributed by atoms with E-state index in [1.165, 1.54) is 22.3 Å². The van der Waals surface area contributed by atoms with E-state index in [0.29, 0.717) is 0 Å². The van der Waals surface area contributed by atoms with Crippen molar-refractivity contribution in [3.05, 3.63) is 52.0 Å². The standard InChI is InChI=1S/C15H15BrO/c1-10-4-7-15(16)14(8-10)13-9-12(17-3)6-5-11(13)2/h4-9H,1-3H3. The summed E-state index contributed by atoms with van der Waals surface area (Å²) in [5.41, 5.74) is 4.92. The molecule has 0 fully saturated rings. The summed E-state index contributed by atoms with van der Waals surface area (Å²) >= 11 is 3.61. The largest absolute Gasteiger partial charge is 0.497 e. The van der Waals surface area contributed by atoms with Crippen molar-refractivity contribution in [2.24, 2.45) is 0 Å². The smallest absolute Gasteiger partial charge is 0.119 e. The van der Waals surface area contributed by atoms with Crippen molar-refractivity contribution in [3.63, 3.8) is 0 Å². The number of aryl methyl sites for hydroxylation is 2. The molecule has 0 saturated heterocycles. The molecule has 0 aliphatic heterocycles. The molecule has 2 aromatic carbocycles. The maximum absolute atomic E-state index is 5.29. The highest BCUT2D eigenvalue weighted by Crippen LogP contribution is 2.33. The number of ether oxygens (including phenoxy) is 1. The molecule has 0 spiro atoms. The van der Waals surface area contributed by atoms with Crippen molar-refractivity contribution >= 4 is 15.9 Å². The molecular formula is C15H15BrO. The molecule has 88 valence electrons. The molecule has 0 radical (unpaired) electrons. The predicted octanol–water partition coefficient (Wildman–Crippen LogP) is 4.74. The molecule has 0 heterocycles. The normalized spacial score (nSPS) is 10.4. The van der Waals surface area contributed by atoms with Gasteiger partial charge in [0, 0.05) is 4.47 Å². The first kappa shape index (κ1) is 12.2. The predicted molar refractivity (Wildman–Crippen MR) is 75.6 cm³/mol. The SMILES string of the molecule is COc1ccc(C)c(-c2cc(C)ccc2Br)c1. The summed E-state index contributed by atoms with van der Waals surface area (Å²) in [6.45, 7) is 4.22. The molecule has 0 aliphatic carbocycles. The zero-order valence-corrected chi connectivity index (χ0v) is 11.8. The minimum absolute atomic E-state index is 0.888. The van der Waals surface area contributed by atoms with Crippen LogP contribution in [0, 0.1) is 13.8 Å². The van der Waals surface area contributed by atoms with E-state index in [-0.39, 0.29) is 0 Å². The highest BCUT2D eigenvalue weighted by atomic mass is 79.9. The van der Waals surface area contributed by atoms with Crippen LogP contribution < -0.4 is 4.74 Å². The van der Waals surface area contributed by atoms with Gasteiger partial charge in [0.25, 0.3) is 0 Å². The van der Waals surface area contributed by atoms with Crippen LogP contribution in [-0.4, -0.2) is 7.11 Å². The number of halogens is 1. The van der Waals surface area contributed by atoms with Crippen molar-refractivity contribution < 1.29 is 4.74 Å². The van der Waals surface area contributed by atoms with Gasteiger partial charge in [0.1, 0.15) is 5.75 Å². The zero-order chi connectivity index (χ0) is 12.4. The Bertz CT molecular complexity index is 547. The van der Waals surface area contributed by atoms with Crippen molar-refractivity contribution in [1.29, 1.82) is 0 Å². The van der Waals surface area contributed by atoms with Gasteiger partial charge in [0.15, 0.2) is 0 Å². The van der Waals surface area contributed by atoms with Gasteiger partial charge in [-0.05, 0) is 48.7 Å². The second-order valence-corrected chi connectivity index (χ2v) is 5.02. The van der Waals surface area contributed by atoms with E-state index in [2.05, 4.69) is 60.1 Å². The van der Waals surface area contributed by atoms with Crippen LogP contribution in [0.15, 0.2) is 40.9 Å². The Kier molecular flexibility index (Phi) is 3.53. The van der Waals surface area contributed by atoms with E-state index < -0.39 is 0 Å². The summed E-state index contributed by atoms with van der Waals surface area (Å²) in [6, 6.07) is 12.5. The van der Waals surface area contributed by atoms with E-state index in [9.17, 15) is 0 Å². The first-order valence-electron chi connectivity index (χ1n) is 5.53. The highest BCUT2D eigenvalue weighted by Gasteiger charge is 2.07. The van der Waals surface area contributed by atoms with Crippen LogP contribution in [0.2, 0.25) is 0 Å². The lowest BCUT2D eigenvalue weighted by Crippen LogP contribution is -1.89. The molecule has 0 amide bonds. The van der Waals surface area contributed by atoms with Crippen LogP contribution in [0.4, 0.5) is 0 Å². The second-order valence-electron chi connectivity index (χ2n) is 4.16. The van der Waals surface area contributed by atoms with Gasteiger partial charge in [-0.3, -0.25) is 0 Å². The maximum Gasteiger partial charge on any atom is 0.119 e. The van der Waals surface area contributed by atoms with Crippen molar-refractivity contribution in [2.75, 3.05) is 7.11 Å². The van der Waals surface area contributed by atoms with Crippen molar-refractivity contribution in [1.82, 2.24) is 0 Å². The summed E-state index contributed by atoms with van der Waals surface area (Å²) in [4.78, 5) is 0. The van der Waals surface area contributed by atoms with Gasteiger partial charge in [0.2, 0.25) is 0 Å². The average Bonchev–Trinajstić information content (AvgIpc) is 2.33. The summed E-state index contributed by atoms with van der Waals surface area (Å²) in [6.07, 6.45) is 0. The Morgan fingerprint density at radius 2 is 1.71 bits per heavy atom. The average molecular weight is 291 g/mol. The van der Waals surface area contributed by atoms with Crippen LogP contribution in [-0.2, 0) is 0 Å². The lowest BCUT2D eigenvalue weighted by Gasteiger charge is -2.11. The van der Waals surface area contributed by atoms with Gasteiger partial charge in [-0.1, -0.05) is 39.7 Å². The fourth-order valence-corrected chi connectivity index (χ4v) is 2.32. The number of benzene rings is 2. The molecule has 0 aliphatic rings. The van der Waals surface area contributed by atoms with Crippen LogP contribution in [0.5, 0.6) is 5.75 Å². The van der Waals surface area contributed by atoms with Crippen LogP contribution in [0.3, 0.4) is 0 Å². The fourth-order valence-electron chi connectivity index (χ4n) is 1.86. The van der Waals surface area contributed by atoms with Crippen molar-refractivity contribution in [3.8, 4) is 16.9 Å². The van der Waals surface area contributed by atoms with Gasteiger partial charge in [-0.25, -0.2) is 0 Å². The van der Waals surface area contributed by atoms with Crippen molar-refractivity contribution in [2.45, 2.75) is 13.8 Å². The maximum atomic E-state index is 5.29. The molecular weight excluding hydrogens is 276 g/mol. The quantitative estimate of drug-likeness (QED) is 0.776. The van der Waals surface area contributed by atoms with Crippen LogP contribution >= 0.6 is 15.9 Å². The Morgan fingerprint density at radius 1 is 0.941 bits per heavy atom. The molecule has 0 bridgehead atoms. The molecule has 1 nitrogen and oxygen atoms in total. The lowest BCUT2D eigenvalue weighted by atomic mass is 9.99. The molecule has 17 heavy (non-hydrogen) atoms. The van der Waals surface area contributed by atoms with Gasteiger partial charge in [0.05, 0.1) is 7.11 Å². The van der Waals surface area contributed by atoms with Gasteiger partial charge in [-0.2, -0.15) is 0 Å². The first-order chi connectivity index (χ1) is 8.11. The van der Waals surface area contributed by atoms with E-state index in [1.54, 1.807) is 7.11 Å². The Labute approximate surface area is 111 Å². The molecule has 0 unspecified atom stereocenters. The van der Waals surface area contributed by atoms with Crippen LogP contribution in [0.1, 0.15) is 11.1 Å². The molecule has 2 heteroatoms. The molecule has 0 saturated carbocycles. The molecule has 0 N–H and O–H groups in total. The van der Waals surface area contributed by atoms with Gasteiger partial charge in [-0.15, -0.1) is 0 Å². The van der Waals surface area contributed by atoms with E-state index >= 15 is 0 Å². The summed E-state index contributed by atoms with van der Waals surface area (Å²) in [5.74, 6) is 0.888. The first-order valence-corrected chi connectivity index (χ1v) is 6.32. The molecule has 0 atom stereocenters. The van der Waals surface area contributed by atoms with E-state index in [4.69, 9.17) is 4.74 Å². The fraction of sp³-hybridized carbons (Fsp3) is 0.200.